The molecule has 1 aliphatic heterocycles. The Labute approximate surface area is 145 Å². The zero-order chi connectivity index (χ0) is 17.8. The Morgan fingerprint density at radius 1 is 1.28 bits per heavy atom. The summed E-state index contributed by atoms with van der Waals surface area (Å²) in [6.45, 7) is 1.02. The van der Waals surface area contributed by atoms with Crippen molar-refractivity contribution in [3.05, 3.63) is 34.1 Å². The van der Waals surface area contributed by atoms with Crippen molar-refractivity contribution in [1.82, 2.24) is 10.3 Å². The van der Waals surface area contributed by atoms with E-state index in [0.29, 0.717) is 42.2 Å². The molecule has 1 saturated heterocycles. The van der Waals surface area contributed by atoms with Crippen LogP contribution in [0.5, 0.6) is 11.5 Å². The number of pyridine rings is 1. The fourth-order valence-electron chi connectivity index (χ4n) is 2.98. The molecule has 1 amide bonds. The molecule has 0 spiro atoms. The number of ether oxygens (including phenoxy) is 3. The molecule has 7 nitrogen and oxygen atoms in total. The molecule has 0 aliphatic carbocycles. The van der Waals surface area contributed by atoms with Crippen LogP contribution in [0.4, 0.5) is 0 Å². The Bertz CT molecular complexity index is 824. The van der Waals surface area contributed by atoms with Gasteiger partial charge in [0, 0.05) is 30.2 Å². The number of rotatable bonds is 6. The van der Waals surface area contributed by atoms with Crippen LogP contribution in [0.25, 0.3) is 10.9 Å². The minimum absolute atomic E-state index is 0.110. The predicted octanol–water partition coefficient (Wildman–Crippen LogP) is 1.38. The maximum absolute atomic E-state index is 12.3. The smallest absolute Gasteiger partial charge is 0.251 e. The van der Waals surface area contributed by atoms with E-state index in [-0.39, 0.29) is 17.6 Å². The number of hydrogen-bond acceptors (Lipinski definition) is 5. The lowest BCUT2D eigenvalue weighted by Crippen LogP contribution is -2.35. The first-order valence-electron chi connectivity index (χ1n) is 8.29. The highest BCUT2D eigenvalue weighted by molar-refractivity contribution is 5.83. The molecule has 1 aromatic carbocycles. The average Bonchev–Trinajstić information content (AvgIpc) is 3.15. The van der Waals surface area contributed by atoms with E-state index in [2.05, 4.69) is 10.3 Å². The molecule has 0 bridgehead atoms. The molecule has 1 aromatic heterocycles. The number of carbonyl (C=O) groups is 1. The van der Waals surface area contributed by atoms with Gasteiger partial charge in [0.2, 0.25) is 5.91 Å². The summed E-state index contributed by atoms with van der Waals surface area (Å²) in [6, 6.07) is 5.37. The van der Waals surface area contributed by atoms with Crippen molar-refractivity contribution >= 4 is 16.8 Å². The summed E-state index contributed by atoms with van der Waals surface area (Å²) >= 11 is 0. The van der Waals surface area contributed by atoms with E-state index < -0.39 is 0 Å². The molecule has 1 unspecified atom stereocenters. The number of H-pyrrole nitrogens is 1. The molecule has 2 aromatic rings. The van der Waals surface area contributed by atoms with E-state index >= 15 is 0 Å². The number of fused-ring (bicyclic) bond motifs is 1. The zero-order valence-electron chi connectivity index (χ0n) is 14.4. The molecule has 25 heavy (non-hydrogen) atoms. The third-order valence-electron chi connectivity index (χ3n) is 4.34. The summed E-state index contributed by atoms with van der Waals surface area (Å²) < 4.78 is 15.9. The summed E-state index contributed by atoms with van der Waals surface area (Å²) in [4.78, 5) is 27.0. The molecule has 134 valence electrons. The number of carbonyl (C=O) groups excluding carboxylic acids is 1. The van der Waals surface area contributed by atoms with Crippen LogP contribution in [0.3, 0.4) is 0 Å². The van der Waals surface area contributed by atoms with Crippen molar-refractivity contribution < 1.29 is 19.0 Å². The van der Waals surface area contributed by atoms with Gasteiger partial charge in [0.1, 0.15) is 6.10 Å². The number of aromatic nitrogens is 1. The van der Waals surface area contributed by atoms with E-state index in [9.17, 15) is 9.59 Å². The lowest BCUT2D eigenvalue weighted by atomic mass is 10.1. The molecule has 1 aliphatic rings. The highest BCUT2D eigenvalue weighted by atomic mass is 16.5. The Kier molecular flexibility index (Phi) is 5.23. The highest BCUT2D eigenvalue weighted by Crippen LogP contribution is 2.31. The maximum Gasteiger partial charge on any atom is 0.251 e. The molecule has 0 radical (unpaired) electrons. The molecule has 2 N–H and O–H groups in total. The van der Waals surface area contributed by atoms with Gasteiger partial charge in [-0.05, 0) is 31.4 Å². The minimum atomic E-state index is -0.355. The van der Waals surface area contributed by atoms with Crippen LogP contribution in [-0.4, -0.2) is 44.4 Å². The van der Waals surface area contributed by atoms with Gasteiger partial charge in [-0.2, -0.15) is 0 Å². The summed E-state index contributed by atoms with van der Waals surface area (Å²) in [5, 5.41) is 3.67. The first-order chi connectivity index (χ1) is 12.1. The predicted molar refractivity (Wildman–Crippen MR) is 93.4 cm³/mol. The quantitative estimate of drug-likeness (QED) is 0.825. The Morgan fingerprint density at radius 2 is 2.04 bits per heavy atom. The van der Waals surface area contributed by atoms with Crippen molar-refractivity contribution in [3.63, 3.8) is 0 Å². The third kappa shape index (κ3) is 3.76. The largest absolute Gasteiger partial charge is 0.493 e. The van der Waals surface area contributed by atoms with Gasteiger partial charge < -0.3 is 24.5 Å². The summed E-state index contributed by atoms with van der Waals surface area (Å²) in [5.74, 6) is 1.04. The fraction of sp³-hybridized carbons (Fsp3) is 0.444. The monoisotopic (exact) mass is 346 g/mol. The molecule has 1 fully saturated rings. The zero-order valence-corrected chi connectivity index (χ0v) is 14.4. The number of amides is 1. The maximum atomic E-state index is 12.3. The molecule has 0 saturated carbocycles. The van der Waals surface area contributed by atoms with Crippen molar-refractivity contribution in [1.29, 1.82) is 0 Å². The molecule has 7 heteroatoms. The van der Waals surface area contributed by atoms with Crippen molar-refractivity contribution in [3.8, 4) is 11.5 Å². The second-order valence-electron chi connectivity index (χ2n) is 5.96. The highest BCUT2D eigenvalue weighted by Gasteiger charge is 2.22. The summed E-state index contributed by atoms with van der Waals surface area (Å²) in [7, 11) is 3.11. The van der Waals surface area contributed by atoms with Crippen molar-refractivity contribution in [2.45, 2.75) is 25.4 Å². The number of nitrogens with one attached hydrogen (secondary N) is 2. The number of benzene rings is 1. The van der Waals surface area contributed by atoms with Crippen LogP contribution in [0.2, 0.25) is 0 Å². The van der Waals surface area contributed by atoms with Crippen LogP contribution >= 0.6 is 0 Å². The van der Waals surface area contributed by atoms with Gasteiger partial charge in [0.15, 0.2) is 11.5 Å². The van der Waals surface area contributed by atoms with Crippen LogP contribution in [0, 0.1) is 0 Å². The van der Waals surface area contributed by atoms with Gasteiger partial charge in [-0.3, -0.25) is 9.59 Å². The fourth-order valence-corrected chi connectivity index (χ4v) is 2.98. The molecule has 1 atom stereocenters. The van der Waals surface area contributed by atoms with Crippen LogP contribution < -0.4 is 20.3 Å². The van der Waals surface area contributed by atoms with Gasteiger partial charge in [0.05, 0.1) is 19.7 Å². The van der Waals surface area contributed by atoms with Crippen LogP contribution in [0.1, 0.15) is 18.4 Å². The molecule has 2 heterocycles. The van der Waals surface area contributed by atoms with E-state index in [1.165, 1.54) is 0 Å². The van der Waals surface area contributed by atoms with Crippen molar-refractivity contribution in [2.24, 2.45) is 0 Å². The van der Waals surface area contributed by atoms with E-state index in [4.69, 9.17) is 14.2 Å². The first kappa shape index (κ1) is 17.3. The topological polar surface area (TPSA) is 89.6 Å². The van der Waals surface area contributed by atoms with Crippen molar-refractivity contribution in [2.75, 3.05) is 27.4 Å². The Hall–Kier alpha value is -2.54. The lowest BCUT2D eigenvalue weighted by molar-refractivity contribution is -0.129. The number of methoxy groups -OCH3 is 2. The summed E-state index contributed by atoms with van der Waals surface area (Å²) in [5.41, 5.74) is 1.10. The Balaban J connectivity index is 1.73. The molecule has 3 rings (SSSR count). The van der Waals surface area contributed by atoms with Gasteiger partial charge in [-0.1, -0.05) is 0 Å². The normalized spacial score (nSPS) is 16.8. The molecular formula is C18H22N2O5. The van der Waals surface area contributed by atoms with E-state index in [1.807, 2.05) is 12.1 Å². The minimum Gasteiger partial charge on any atom is -0.493 e. The average molecular weight is 346 g/mol. The Morgan fingerprint density at radius 3 is 2.72 bits per heavy atom. The van der Waals surface area contributed by atoms with E-state index in [1.54, 1.807) is 20.3 Å². The first-order valence-corrected chi connectivity index (χ1v) is 8.29. The SMILES string of the molecule is COc1cc2cc(CCNC(=O)C3CCCO3)c(=O)[nH]c2cc1OC. The number of aromatic amines is 1. The lowest BCUT2D eigenvalue weighted by Gasteiger charge is -2.11. The van der Waals surface area contributed by atoms with Crippen LogP contribution in [-0.2, 0) is 16.0 Å². The van der Waals surface area contributed by atoms with Gasteiger partial charge in [-0.25, -0.2) is 0 Å². The third-order valence-corrected chi connectivity index (χ3v) is 4.34. The van der Waals surface area contributed by atoms with Crippen LogP contribution in [0.15, 0.2) is 23.0 Å². The molecular weight excluding hydrogens is 324 g/mol. The summed E-state index contributed by atoms with van der Waals surface area (Å²) in [6.07, 6.45) is 1.75. The van der Waals surface area contributed by atoms with Gasteiger partial charge in [-0.15, -0.1) is 0 Å². The second-order valence-corrected chi connectivity index (χ2v) is 5.96. The van der Waals surface area contributed by atoms with Gasteiger partial charge >= 0.3 is 0 Å². The van der Waals surface area contributed by atoms with Gasteiger partial charge in [0.25, 0.3) is 5.56 Å². The standard InChI is InChI=1S/C18H22N2O5/c1-23-15-9-12-8-11(17(21)20-13(12)10-16(15)24-2)5-6-19-18(22)14-4-3-7-25-14/h8-10,14H,3-7H2,1-2H3,(H,19,22)(H,20,21). The second kappa shape index (κ2) is 7.57. The van der Waals surface area contributed by atoms with E-state index in [0.717, 1.165) is 18.2 Å². The number of hydrogen-bond donors (Lipinski definition) is 2.